The van der Waals surface area contributed by atoms with Crippen LogP contribution in [-0.4, -0.2) is 25.1 Å². The van der Waals surface area contributed by atoms with Crippen LogP contribution in [0.25, 0.3) is 0 Å². The fraction of sp³-hybridized carbons (Fsp3) is 0.211. The van der Waals surface area contributed by atoms with Crippen LogP contribution in [0.1, 0.15) is 28.4 Å². The Balaban J connectivity index is 1.88. The van der Waals surface area contributed by atoms with Crippen LogP contribution >= 0.6 is 0 Å². The maximum Gasteiger partial charge on any atom is 0.338 e. The summed E-state index contributed by atoms with van der Waals surface area (Å²) in [5, 5.41) is 11.6. The van der Waals surface area contributed by atoms with Crippen molar-refractivity contribution in [3.63, 3.8) is 0 Å². The molecule has 0 aromatic heterocycles. The Hall–Kier alpha value is -3.33. The SMILES string of the molecule is COc1ccc(CNC(=O)[C@H](C)OC(=O)c2cccc(C#N)c2)cc1. The van der Waals surface area contributed by atoms with Crippen LogP contribution in [0.2, 0.25) is 0 Å². The van der Waals surface area contributed by atoms with Gasteiger partial charge in [-0.1, -0.05) is 18.2 Å². The van der Waals surface area contributed by atoms with E-state index in [1.807, 2.05) is 18.2 Å². The van der Waals surface area contributed by atoms with Gasteiger partial charge < -0.3 is 14.8 Å². The van der Waals surface area contributed by atoms with Crippen molar-refractivity contribution in [2.75, 3.05) is 7.11 Å². The molecule has 25 heavy (non-hydrogen) atoms. The second kappa shape index (κ2) is 8.50. The third kappa shape index (κ3) is 5.08. The van der Waals surface area contributed by atoms with Crippen LogP contribution in [0.5, 0.6) is 5.75 Å². The molecule has 6 heteroatoms. The molecule has 0 fully saturated rings. The molecule has 0 aliphatic heterocycles. The van der Waals surface area contributed by atoms with Gasteiger partial charge in [0.1, 0.15) is 5.75 Å². The zero-order chi connectivity index (χ0) is 18.2. The third-order valence-electron chi connectivity index (χ3n) is 3.51. The molecule has 1 amide bonds. The van der Waals surface area contributed by atoms with Gasteiger partial charge in [-0.3, -0.25) is 4.79 Å². The Morgan fingerprint density at radius 1 is 1.20 bits per heavy atom. The van der Waals surface area contributed by atoms with Gasteiger partial charge in [-0.15, -0.1) is 0 Å². The number of carbonyl (C=O) groups is 2. The molecule has 0 heterocycles. The Labute approximate surface area is 146 Å². The van der Waals surface area contributed by atoms with E-state index in [4.69, 9.17) is 14.7 Å². The van der Waals surface area contributed by atoms with E-state index in [0.29, 0.717) is 12.1 Å². The number of rotatable bonds is 6. The molecule has 2 aromatic carbocycles. The van der Waals surface area contributed by atoms with Crippen molar-refractivity contribution in [3.05, 3.63) is 65.2 Å². The number of esters is 1. The van der Waals surface area contributed by atoms with Crippen molar-refractivity contribution in [2.45, 2.75) is 19.6 Å². The van der Waals surface area contributed by atoms with Crippen molar-refractivity contribution in [3.8, 4) is 11.8 Å². The van der Waals surface area contributed by atoms with E-state index in [9.17, 15) is 9.59 Å². The van der Waals surface area contributed by atoms with E-state index in [2.05, 4.69) is 5.32 Å². The summed E-state index contributed by atoms with van der Waals surface area (Å²) in [5.74, 6) is -0.318. The molecule has 0 saturated heterocycles. The average molecular weight is 338 g/mol. The highest BCUT2D eigenvalue weighted by molar-refractivity contribution is 5.92. The van der Waals surface area contributed by atoms with Crippen molar-refractivity contribution in [1.29, 1.82) is 5.26 Å². The highest BCUT2D eigenvalue weighted by atomic mass is 16.5. The summed E-state index contributed by atoms with van der Waals surface area (Å²) in [6.07, 6.45) is -0.948. The molecule has 0 bridgehead atoms. The predicted molar refractivity (Wildman–Crippen MR) is 90.9 cm³/mol. The third-order valence-corrected chi connectivity index (χ3v) is 3.51. The molecule has 1 N–H and O–H groups in total. The van der Waals surface area contributed by atoms with Crippen LogP contribution in [0, 0.1) is 11.3 Å². The Morgan fingerprint density at radius 2 is 1.92 bits per heavy atom. The number of nitrogens with one attached hydrogen (secondary N) is 1. The van der Waals surface area contributed by atoms with E-state index in [0.717, 1.165) is 11.3 Å². The average Bonchev–Trinajstić information content (AvgIpc) is 2.66. The van der Waals surface area contributed by atoms with Gasteiger partial charge in [0.05, 0.1) is 24.3 Å². The molecule has 0 saturated carbocycles. The van der Waals surface area contributed by atoms with Gasteiger partial charge in [0.2, 0.25) is 0 Å². The first-order chi connectivity index (χ1) is 12.0. The van der Waals surface area contributed by atoms with Gasteiger partial charge in [0.15, 0.2) is 6.10 Å². The highest BCUT2D eigenvalue weighted by Crippen LogP contribution is 2.11. The van der Waals surface area contributed by atoms with Gasteiger partial charge in [-0.25, -0.2) is 4.79 Å². The van der Waals surface area contributed by atoms with Crippen molar-refractivity contribution >= 4 is 11.9 Å². The molecule has 0 radical (unpaired) electrons. The van der Waals surface area contributed by atoms with E-state index in [1.54, 1.807) is 31.4 Å². The summed E-state index contributed by atoms with van der Waals surface area (Å²) >= 11 is 0. The first kappa shape index (κ1) is 18.0. The summed E-state index contributed by atoms with van der Waals surface area (Å²) < 4.78 is 10.2. The minimum absolute atomic E-state index is 0.230. The molecule has 0 aliphatic carbocycles. The monoisotopic (exact) mass is 338 g/mol. The number of amides is 1. The standard InChI is InChI=1S/C19H18N2O4/c1-13(25-19(23)16-5-3-4-15(10-16)11-20)18(22)21-12-14-6-8-17(24-2)9-7-14/h3-10,13H,12H2,1-2H3,(H,21,22)/t13-/m0/s1. The second-order valence-electron chi connectivity index (χ2n) is 5.31. The predicted octanol–water partition coefficient (Wildman–Crippen LogP) is 2.43. The molecule has 0 aliphatic rings. The van der Waals surface area contributed by atoms with Gasteiger partial charge in [-0.2, -0.15) is 5.26 Å². The fourth-order valence-corrected chi connectivity index (χ4v) is 2.07. The van der Waals surface area contributed by atoms with E-state index < -0.39 is 18.0 Å². The van der Waals surface area contributed by atoms with Crippen LogP contribution in [-0.2, 0) is 16.1 Å². The zero-order valence-electron chi connectivity index (χ0n) is 14.0. The topological polar surface area (TPSA) is 88.4 Å². The number of carbonyl (C=O) groups excluding carboxylic acids is 2. The first-order valence-corrected chi connectivity index (χ1v) is 7.65. The number of methoxy groups -OCH3 is 1. The van der Waals surface area contributed by atoms with Crippen molar-refractivity contribution in [2.24, 2.45) is 0 Å². The largest absolute Gasteiger partial charge is 0.497 e. The molecule has 1 atom stereocenters. The molecular formula is C19H18N2O4. The number of nitrogens with zero attached hydrogens (tertiary/aromatic N) is 1. The van der Waals surface area contributed by atoms with E-state index >= 15 is 0 Å². The smallest absolute Gasteiger partial charge is 0.338 e. The zero-order valence-corrected chi connectivity index (χ0v) is 14.0. The molecule has 2 aromatic rings. The lowest BCUT2D eigenvalue weighted by molar-refractivity contribution is -0.129. The van der Waals surface area contributed by atoms with Crippen LogP contribution in [0.3, 0.4) is 0 Å². The second-order valence-corrected chi connectivity index (χ2v) is 5.31. The fourth-order valence-electron chi connectivity index (χ4n) is 2.07. The summed E-state index contributed by atoms with van der Waals surface area (Å²) in [4.78, 5) is 24.1. The summed E-state index contributed by atoms with van der Waals surface area (Å²) in [7, 11) is 1.58. The molecule has 128 valence electrons. The molecule has 0 unspecified atom stereocenters. The Kier molecular flexibility index (Phi) is 6.13. The van der Waals surface area contributed by atoms with Gasteiger partial charge in [-0.05, 0) is 42.8 Å². The number of nitriles is 1. The molecule has 0 spiro atoms. The maximum absolute atomic E-state index is 12.1. The van der Waals surface area contributed by atoms with E-state index in [-0.39, 0.29) is 5.56 Å². The van der Waals surface area contributed by atoms with Gasteiger partial charge in [0.25, 0.3) is 5.91 Å². The Morgan fingerprint density at radius 3 is 2.56 bits per heavy atom. The summed E-state index contributed by atoms with van der Waals surface area (Å²) in [5.41, 5.74) is 1.48. The molecular weight excluding hydrogens is 320 g/mol. The number of hydrogen-bond acceptors (Lipinski definition) is 5. The lowest BCUT2D eigenvalue weighted by atomic mass is 10.1. The van der Waals surface area contributed by atoms with Crippen LogP contribution in [0.4, 0.5) is 0 Å². The summed E-state index contributed by atoms with van der Waals surface area (Å²) in [6, 6.07) is 15.3. The molecule has 2 rings (SSSR count). The minimum Gasteiger partial charge on any atom is -0.497 e. The summed E-state index contributed by atoms with van der Waals surface area (Å²) in [6.45, 7) is 1.81. The first-order valence-electron chi connectivity index (χ1n) is 7.65. The normalized spacial score (nSPS) is 11.1. The maximum atomic E-state index is 12.1. The van der Waals surface area contributed by atoms with Crippen molar-refractivity contribution < 1.29 is 19.1 Å². The highest BCUT2D eigenvalue weighted by Gasteiger charge is 2.18. The van der Waals surface area contributed by atoms with Gasteiger partial charge in [0, 0.05) is 6.54 Å². The lowest BCUT2D eigenvalue weighted by Gasteiger charge is -2.14. The van der Waals surface area contributed by atoms with E-state index in [1.165, 1.54) is 19.1 Å². The Bertz CT molecular complexity index is 794. The van der Waals surface area contributed by atoms with Crippen LogP contribution in [0.15, 0.2) is 48.5 Å². The van der Waals surface area contributed by atoms with Crippen molar-refractivity contribution in [1.82, 2.24) is 5.32 Å². The quantitative estimate of drug-likeness (QED) is 0.817. The van der Waals surface area contributed by atoms with Crippen LogP contribution < -0.4 is 10.1 Å². The molecule has 6 nitrogen and oxygen atoms in total. The number of ether oxygens (including phenoxy) is 2. The van der Waals surface area contributed by atoms with Gasteiger partial charge >= 0.3 is 5.97 Å². The number of benzene rings is 2. The lowest BCUT2D eigenvalue weighted by Crippen LogP contribution is -2.35. The minimum atomic E-state index is -0.948. The number of hydrogen-bond donors (Lipinski definition) is 1.